The van der Waals surface area contributed by atoms with E-state index in [0.29, 0.717) is 18.7 Å². The van der Waals surface area contributed by atoms with Crippen LogP contribution in [0, 0.1) is 5.82 Å². The van der Waals surface area contributed by atoms with Crippen LogP contribution < -0.4 is 0 Å². The molecule has 27 heavy (non-hydrogen) atoms. The number of halogens is 1. The summed E-state index contributed by atoms with van der Waals surface area (Å²) in [6, 6.07) is 11.6. The number of carbonyl (C=O) groups is 1. The molecule has 1 atom stereocenters. The first-order chi connectivity index (χ1) is 12.9. The fourth-order valence-corrected chi connectivity index (χ4v) is 4.63. The van der Waals surface area contributed by atoms with E-state index in [1.54, 1.807) is 19.1 Å². The van der Waals surface area contributed by atoms with Gasteiger partial charge >= 0.3 is 5.97 Å². The Kier molecular flexibility index (Phi) is 5.92. The number of hydrogen-bond donors (Lipinski definition) is 0. The number of esters is 1. The summed E-state index contributed by atoms with van der Waals surface area (Å²) >= 11 is 0. The summed E-state index contributed by atoms with van der Waals surface area (Å²) in [6.07, 6.45) is 2.13. The molecule has 144 valence electrons. The van der Waals surface area contributed by atoms with Crippen molar-refractivity contribution in [2.45, 2.75) is 37.2 Å². The third-order valence-corrected chi connectivity index (χ3v) is 6.54. The molecule has 1 heterocycles. The number of benzene rings is 2. The number of hydrogen-bond acceptors (Lipinski definition) is 4. The fourth-order valence-electron chi connectivity index (χ4n) is 3.07. The van der Waals surface area contributed by atoms with Crippen molar-refractivity contribution in [1.29, 1.82) is 0 Å². The zero-order valence-corrected chi connectivity index (χ0v) is 15.9. The van der Waals surface area contributed by atoms with Crippen molar-refractivity contribution in [2.75, 3.05) is 13.1 Å². The molecule has 0 spiro atoms. The van der Waals surface area contributed by atoms with Crippen LogP contribution in [-0.4, -0.2) is 31.8 Å². The van der Waals surface area contributed by atoms with Gasteiger partial charge in [0.15, 0.2) is 0 Å². The first kappa shape index (κ1) is 19.5. The van der Waals surface area contributed by atoms with E-state index >= 15 is 0 Å². The largest absolute Gasteiger partial charge is 0.454 e. The summed E-state index contributed by atoms with van der Waals surface area (Å²) in [5, 5.41) is 0. The molecule has 1 fully saturated rings. The van der Waals surface area contributed by atoms with E-state index in [0.717, 1.165) is 19.3 Å². The minimum absolute atomic E-state index is 0.0910. The Bertz CT molecular complexity index is 906. The van der Waals surface area contributed by atoms with Gasteiger partial charge in [0.25, 0.3) is 0 Å². The van der Waals surface area contributed by atoms with E-state index in [9.17, 15) is 17.6 Å². The summed E-state index contributed by atoms with van der Waals surface area (Å²) in [6.45, 7) is 2.68. The number of ether oxygens (including phenoxy) is 1. The van der Waals surface area contributed by atoms with E-state index in [-0.39, 0.29) is 16.3 Å². The van der Waals surface area contributed by atoms with Gasteiger partial charge in [0, 0.05) is 13.1 Å². The smallest absolute Gasteiger partial charge is 0.338 e. The lowest BCUT2D eigenvalue weighted by molar-refractivity contribution is 0.0337. The normalized spacial score (nSPS) is 16.7. The highest BCUT2D eigenvalue weighted by atomic mass is 32.2. The summed E-state index contributed by atoms with van der Waals surface area (Å²) in [7, 11) is -3.62. The Morgan fingerprint density at radius 1 is 1.07 bits per heavy atom. The lowest BCUT2D eigenvalue weighted by atomic mass is 10.1. The van der Waals surface area contributed by atoms with Crippen molar-refractivity contribution in [3.63, 3.8) is 0 Å². The van der Waals surface area contributed by atoms with Gasteiger partial charge in [0.1, 0.15) is 11.9 Å². The lowest BCUT2D eigenvalue weighted by Crippen LogP contribution is -2.35. The van der Waals surface area contributed by atoms with Crippen LogP contribution in [0.2, 0.25) is 0 Å². The van der Waals surface area contributed by atoms with Crippen LogP contribution in [0.1, 0.15) is 48.2 Å². The first-order valence-corrected chi connectivity index (χ1v) is 10.4. The van der Waals surface area contributed by atoms with Crippen LogP contribution in [-0.2, 0) is 14.8 Å². The minimum atomic E-state index is -3.62. The van der Waals surface area contributed by atoms with E-state index < -0.39 is 22.1 Å². The van der Waals surface area contributed by atoms with Crippen molar-refractivity contribution in [1.82, 2.24) is 4.31 Å². The Morgan fingerprint density at radius 3 is 2.41 bits per heavy atom. The second-order valence-corrected chi connectivity index (χ2v) is 8.53. The van der Waals surface area contributed by atoms with Gasteiger partial charge in [-0.1, -0.05) is 24.6 Å². The second kappa shape index (κ2) is 8.19. The van der Waals surface area contributed by atoms with Gasteiger partial charge < -0.3 is 4.74 Å². The summed E-state index contributed by atoms with van der Waals surface area (Å²) in [5.74, 6) is -0.990. The van der Waals surface area contributed by atoms with Gasteiger partial charge in [0.2, 0.25) is 10.0 Å². The molecule has 1 saturated heterocycles. The average molecular weight is 391 g/mol. The van der Waals surface area contributed by atoms with Crippen molar-refractivity contribution < 1.29 is 22.3 Å². The van der Waals surface area contributed by atoms with Gasteiger partial charge in [-0.15, -0.1) is 0 Å². The Morgan fingerprint density at radius 2 is 1.74 bits per heavy atom. The van der Waals surface area contributed by atoms with Gasteiger partial charge in [-0.05, 0) is 55.7 Å². The van der Waals surface area contributed by atoms with E-state index in [1.165, 1.54) is 40.7 Å². The predicted molar refractivity (Wildman–Crippen MR) is 99.3 cm³/mol. The highest BCUT2D eigenvalue weighted by molar-refractivity contribution is 7.89. The molecule has 0 radical (unpaired) electrons. The molecular weight excluding hydrogens is 369 g/mol. The number of nitrogens with zero attached hydrogens (tertiary/aromatic N) is 1. The molecule has 1 aliphatic rings. The minimum Gasteiger partial charge on any atom is -0.454 e. The predicted octanol–water partition coefficient (Wildman–Crippen LogP) is 3.92. The molecule has 0 bridgehead atoms. The quantitative estimate of drug-likeness (QED) is 0.725. The molecule has 1 aliphatic heterocycles. The molecule has 7 heteroatoms. The van der Waals surface area contributed by atoms with E-state index in [1.807, 2.05) is 0 Å². The molecule has 2 aromatic rings. The fraction of sp³-hybridized carbons (Fsp3) is 0.350. The number of carbonyl (C=O) groups excluding carboxylic acids is 1. The van der Waals surface area contributed by atoms with Crippen molar-refractivity contribution in [2.24, 2.45) is 0 Å². The molecule has 0 saturated carbocycles. The molecule has 2 aromatic carbocycles. The molecule has 0 unspecified atom stereocenters. The maximum Gasteiger partial charge on any atom is 0.338 e. The molecule has 0 amide bonds. The maximum atomic E-state index is 13.0. The molecular formula is C20H22FNO4S. The summed E-state index contributed by atoms with van der Waals surface area (Å²) in [4.78, 5) is 12.5. The molecule has 0 N–H and O–H groups in total. The maximum absolute atomic E-state index is 13.0. The third-order valence-electron chi connectivity index (χ3n) is 4.65. The van der Waals surface area contributed by atoms with Gasteiger partial charge in [-0.2, -0.15) is 4.31 Å². The van der Waals surface area contributed by atoms with Crippen molar-refractivity contribution in [3.05, 3.63) is 65.5 Å². The SMILES string of the molecule is C[C@H](OC(=O)c1cccc(S(=O)(=O)N2CCCCC2)c1)c1ccc(F)cc1. The van der Waals surface area contributed by atoms with E-state index in [2.05, 4.69) is 0 Å². The molecule has 0 aromatic heterocycles. The number of piperidine rings is 1. The standard InChI is InChI=1S/C20H22FNO4S/c1-15(16-8-10-18(21)11-9-16)26-20(23)17-6-5-7-19(14-17)27(24,25)22-12-3-2-4-13-22/h5-11,14-15H,2-4,12-13H2,1H3/t15-/m0/s1. The van der Waals surface area contributed by atoms with Crippen LogP contribution in [0.3, 0.4) is 0 Å². The third kappa shape index (κ3) is 4.54. The van der Waals surface area contributed by atoms with Gasteiger partial charge in [0.05, 0.1) is 10.5 Å². The Balaban J connectivity index is 1.76. The summed E-state index contributed by atoms with van der Waals surface area (Å²) < 4.78 is 45.4. The molecule has 5 nitrogen and oxygen atoms in total. The van der Waals surface area contributed by atoms with Crippen molar-refractivity contribution >= 4 is 16.0 Å². The summed E-state index contributed by atoms with van der Waals surface area (Å²) in [5.41, 5.74) is 0.823. The topological polar surface area (TPSA) is 63.7 Å². The molecule has 0 aliphatic carbocycles. The van der Waals surface area contributed by atoms with Crippen LogP contribution in [0.5, 0.6) is 0 Å². The highest BCUT2D eigenvalue weighted by Gasteiger charge is 2.26. The van der Waals surface area contributed by atoms with Crippen LogP contribution in [0.4, 0.5) is 4.39 Å². The van der Waals surface area contributed by atoms with Gasteiger partial charge in [-0.25, -0.2) is 17.6 Å². The second-order valence-electron chi connectivity index (χ2n) is 6.59. The Labute approximate surface area is 158 Å². The molecule has 3 rings (SSSR count). The van der Waals surface area contributed by atoms with Crippen LogP contribution >= 0.6 is 0 Å². The highest BCUT2D eigenvalue weighted by Crippen LogP contribution is 2.23. The Hall–Kier alpha value is -2.25. The zero-order valence-electron chi connectivity index (χ0n) is 15.1. The van der Waals surface area contributed by atoms with E-state index in [4.69, 9.17) is 4.74 Å². The zero-order chi connectivity index (χ0) is 19.4. The van der Waals surface area contributed by atoms with Gasteiger partial charge in [-0.3, -0.25) is 0 Å². The first-order valence-electron chi connectivity index (χ1n) is 8.94. The van der Waals surface area contributed by atoms with Crippen LogP contribution in [0.25, 0.3) is 0 Å². The van der Waals surface area contributed by atoms with Crippen molar-refractivity contribution in [3.8, 4) is 0 Å². The average Bonchev–Trinajstić information content (AvgIpc) is 2.69. The lowest BCUT2D eigenvalue weighted by Gasteiger charge is -2.26. The van der Waals surface area contributed by atoms with Crippen LogP contribution in [0.15, 0.2) is 53.4 Å². The monoisotopic (exact) mass is 391 g/mol. The number of sulfonamides is 1. The number of rotatable bonds is 5.